The lowest BCUT2D eigenvalue weighted by atomic mass is 9.97. The molecule has 2 nitrogen and oxygen atoms in total. The third-order valence-electron chi connectivity index (χ3n) is 3.09. The number of nitrogens with one attached hydrogen (secondary N) is 1. The van der Waals surface area contributed by atoms with Gasteiger partial charge in [-0.2, -0.15) is 13.2 Å². The number of rotatable bonds is 7. The smallest absolute Gasteiger partial charge is 0.352 e. The Labute approximate surface area is 145 Å². The highest BCUT2D eigenvalue weighted by molar-refractivity contribution is 8.02. The number of thioether (sulfide) groups is 1. The van der Waals surface area contributed by atoms with Gasteiger partial charge in [-0.25, -0.2) is 0 Å². The molecule has 0 fully saturated rings. The van der Waals surface area contributed by atoms with Crippen LogP contribution < -0.4 is 5.32 Å². The summed E-state index contributed by atoms with van der Waals surface area (Å²) >= 11 is 1.48. The van der Waals surface area contributed by atoms with Crippen LogP contribution in [-0.4, -0.2) is 18.2 Å². The fourth-order valence-corrected chi connectivity index (χ4v) is 2.52. The van der Waals surface area contributed by atoms with Crippen LogP contribution in [0, 0.1) is 5.41 Å². The second-order valence-electron chi connectivity index (χ2n) is 6.75. The maximum atomic E-state index is 12.6. The minimum Gasteiger partial charge on any atom is -0.352 e. The van der Waals surface area contributed by atoms with Gasteiger partial charge in [0.2, 0.25) is 5.91 Å². The van der Waals surface area contributed by atoms with E-state index in [0.29, 0.717) is 18.5 Å². The quantitative estimate of drug-likeness (QED) is 0.545. The molecule has 0 aliphatic heterocycles. The molecule has 1 rings (SSSR count). The number of aryl methyl sites for hydroxylation is 1. The van der Waals surface area contributed by atoms with Crippen LogP contribution in [0.2, 0.25) is 0 Å². The van der Waals surface area contributed by atoms with Crippen molar-refractivity contribution in [1.29, 1.82) is 0 Å². The van der Waals surface area contributed by atoms with E-state index in [1.807, 2.05) is 20.8 Å². The van der Waals surface area contributed by atoms with Crippen molar-refractivity contribution in [2.24, 2.45) is 5.41 Å². The topological polar surface area (TPSA) is 29.1 Å². The van der Waals surface area contributed by atoms with Crippen LogP contribution in [0.3, 0.4) is 0 Å². The second-order valence-corrected chi connectivity index (χ2v) is 7.77. The number of halogens is 3. The lowest BCUT2D eigenvalue weighted by Crippen LogP contribution is -2.30. The summed E-state index contributed by atoms with van der Waals surface area (Å²) in [6.45, 7) is 6.73. The average Bonchev–Trinajstić information content (AvgIpc) is 2.47. The number of hydrogen-bond donors (Lipinski definition) is 1. The third-order valence-corrected chi connectivity index (χ3v) is 3.94. The first kappa shape index (κ1) is 20.6. The molecule has 6 heteroatoms. The molecule has 0 aromatic heterocycles. The molecule has 1 aromatic rings. The molecule has 1 amide bonds. The number of carbonyl (C=O) groups is 1. The zero-order valence-corrected chi connectivity index (χ0v) is 15.1. The van der Waals surface area contributed by atoms with Crippen LogP contribution in [0.1, 0.15) is 38.3 Å². The van der Waals surface area contributed by atoms with Gasteiger partial charge in [0.15, 0.2) is 0 Å². The maximum absolute atomic E-state index is 12.6. The van der Waals surface area contributed by atoms with Gasteiger partial charge in [-0.3, -0.25) is 4.79 Å². The van der Waals surface area contributed by atoms with E-state index >= 15 is 0 Å². The highest BCUT2D eigenvalue weighted by Crippen LogP contribution is 2.29. The number of alkyl halides is 3. The molecule has 1 N–H and O–H groups in total. The Kier molecular flexibility index (Phi) is 7.87. The van der Waals surface area contributed by atoms with Gasteiger partial charge in [-0.05, 0) is 41.0 Å². The number of amides is 1. The normalized spacial score (nSPS) is 12.6. The first-order valence-electron chi connectivity index (χ1n) is 7.80. The van der Waals surface area contributed by atoms with Gasteiger partial charge in [-0.1, -0.05) is 39.0 Å². The van der Waals surface area contributed by atoms with Crippen molar-refractivity contribution in [2.45, 2.75) is 39.8 Å². The second kappa shape index (κ2) is 9.16. The summed E-state index contributed by atoms with van der Waals surface area (Å²) in [5, 5.41) is 4.54. The Morgan fingerprint density at radius 2 is 1.96 bits per heavy atom. The summed E-state index contributed by atoms with van der Waals surface area (Å²) in [5.74, 6) is 0.620. The molecule has 0 spiro atoms. The first-order chi connectivity index (χ1) is 11.1. The van der Waals surface area contributed by atoms with E-state index in [-0.39, 0.29) is 11.3 Å². The molecular formula is C18H24F3NOS. The number of carbonyl (C=O) groups excluding carboxylic acids is 1. The van der Waals surface area contributed by atoms with Crippen molar-refractivity contribution >= 4 is 17.7 Å². The molecular weight excluding hydrogens is 335 g/mol. The Morgan fingerprint density at radius 3 is 2.58 bits per heavy atom. The van der Waals surface area contributed by atoms with Crippen LogP contribution in [0.5, 0.6) is 0 Å². The van der Waals surface area contributed by atoms with Gasteiger partial charge in [0.25, 0.3) is 0 Å². The Bertz CT molecular complexity index is 562. The van der Waals surface area contributed by atoms with Crippen LogP contribution >= 0.6 is 11.8 Å². The fourth-order valence-electron chi connectivity index (χ4n) is 1.85. The Hall–Kier alpha value is -1.43. The van der Waals surface area contributed by atoms with Gasteiger partial charge in [0.05, 0.1) is 5.56 Å². The molecule has 134 valence electrons. The number of benzene rings is 1. The maximum Gasteiger partial charge on any atom is 0.416 e. The minimum atomic E-state index is -4.30. The molecule has 0 aliphatic rings. The molecule has 0 saturated heterocycles. The Balaban J connectivity index is 2.27. The van der Waals surface area contributed by atoms with Gasteiger partial charge in [0, 0.05) is 12.6 Å². The van der Waals surface area contributed by atoms with Gasteiger partial charge in [0.1, 0.15) is 0 Å². The van der Waals surface area contributed by atoms with Crippen molar-refractivity contribution < 1.29 is 18.0 Å². The molecule has 0 bridgehead atoms. The molecule has 0 unspecified atom stereocenters. The molecule has 0 saturated carbocycles. The van der Waals surface area contributed by atoms with Crippen molar-refractivity contribution in [3.63, 3.8) is 0 Å². The zero-order chi connectivity index (χ0) is 18.2. The monoisotopic (exact) mass is 359 g/mol. The van der Waals surface area contributed by atoms with Gasteiger partial charge in [-0.15, -0.1) is 11.8 Å². The average molecular weight is 359 g/mol. The molecule has 24 heavy (non-hydrogen) atoms. The van der Waals surface area contributed by atoms with Crippen LogP contribution in [-0.2, 0) is 17.4 Å². The lowest BCUT2D eigenvalue weighted by Gasteiger charge is -2.17. The van der Waals surface area contributed by atoms with Crippen molar-refractivity contribution in [1.82, 2.24) is 5.32 Å². The minimum absolute atomic E-state index is 0.0432. The van der Waals surface area contributed by atoms with E-state index < -0.39 is 11.7 Å². The summed E-state index contributed by atoms with van der Waals surface area (Å²) in [6.07, 6.45) is -1.48. The van der Waals surface area contributed by atoms with E-state index in [1.54, 1.807) is 11.5 Å². The Morgan fingerprint density at radius 1 is 1.25 bits per heavy atom. The fraction of sp³-hybridized carbons (Fsp3) is 0.500. The highest BCUT2D eigenvalue weighted by Gasteiger charge is 2.30. The summed E-state index contributed by atoms with van der Waals surface area (Å²) in [6, 6.07) is 5.41. The van der Waals surface area contributed by atoms with E-state index in [4.69, 9.17) is 0 Å². The van der Waals surface area contributed by atoms with Crippen molar-refractivity contribution in [2.75, 3.05) is 12.3 Å². The third kappa shape index (κ3) is 9.01. The molecule has 1 aromatic carbocycles. The van der Waals surface area contributed by atoms with Crippen molar-refractivity contribution in [3.05, 3.63) is 46.9 Å². The lowest BCUT2D eigenvalue weighted by molar-refractivity contribution is -0.137. The van der Waals surface area contributed by atoms with Crippen LogP contribution in [0.25, 0.3) is 0 Å². The highest BCUT2D eigenvalue weighted by atomic mass is 32.2. The first-order valence-corrected chi connectivity index (χ1v) is 8.85. The predicted octanol–water partition coefficient (Wildman–Crippen LogP) is 5.05. The van der Waals surface area contributed by atoms with Crippen LogP contribution in [0.15, 0.2) is 35.7 Å². The summed E-state index contributed by atoms with van der Waals surface area (Å²) in [5.41, 5.74) is 0.113. The largest absolute Gasteiger partial charge is 0.416 e. The molecule has 0 aliphatic carbocycles. The summed E-state index contributed by atoms with van der Waals surface area (Å²) in [7, 11) is 0. The van der Waals surface area contributed by atoms with E-state index in [9.17, 15) is 18.0 Å². The van der Waals surface area contributed by atoms with Gasteiger partial charge >= 0.3 is 6.18 Å². The van der Waals surface area contributed by atoms with E-state index in [1.165, 1.54) is 30.0 Å². The van der Waals surface area contributed by atoms with Gasteiger partial charge < -0.3 is 5.32 Å². The molecule has 0 heterocycles. The van der Waals surface area contributed by atoms with E-state index in [2.05, 4.69) is 5.32 Å². The summed E-state index contributed by atoms with van der Waals surface area (Å²) in [4.78, 5) is 11.6. The van der Waals surface area contributed by atoms with E-state index in [0.717, 1.165) is 18.2 Å². The summed E-state index contributed by atoms with van der Waals surface area (Å²) < 4.78 is 37.9. The standard InChI is InChI=1S/C18H24F3NOS/c1-17(2,3)13-22-16(23)9-11-24-10-5-7-14-6-4-8-15(12-14)18(19,20)21/h4,6,8-9,11-12H,5,7,10,13H2,1-3H3,(H,22,23)/b11-9-. The molecule has 0 atom stereocenters. The van der Waals surface area contributed by atoms with Crippen molar-refractivity contribution in [3.8, 4) is 0 Å². The van der Waals surface area contributed by atoms with Crippen LogP contribution in [0.4, 0.5) is 13.2 Å². The zero-order valence-electron chi connectivity index (χ0n) is 14.2. The SMILES string of the molecule is CC(C)(C)CNC(=O)/C=C\SCCCc1cccc(C(F)(F)F)c1. The predicted molar refractivity (Wildman–Crippen MR) is 93.8 cm³/mol. The molecule has 0 radical (unpaired) electrons. The number of hydrogen-bond acceptors (Lipinski definition) is 2.